The van der Waals surface area contributed by atoms with Crippen molar-refractivity contribution in [2.45, 2.75) is 25.9 Å². The minimum absolute atomic E-state index is 0.283. The van der Waals surface area contributed by atoms with E-state index in [0.29, 0.717) is 10.6 Å². The zero-order valence-corrected chi connectivity index (χ0v) is 11.9. The van der Waals surface area contributed by atoms with Crippen LogP contribution in [0.4, 0.5) is 13.2 Å². The zero-order valence-electron chi connectivity index (χ0n) is 11.1. The Morgan fingerprint density at radius 1 is 1.00 bits per heavy atom. The number of alkyl halides is 3. The second-order valence-corrected chi connectivity index (χ2v) is 5.30. The third kappa shape index (κ3) is 3.15. The van der Waals surface area contributed by atoms with Crippen molar-refractivity contribution < 1.29 is 13.2 Å². The lowest BCUT2D eigenvalue weighted by atomic mass is 9.88. The average molecular weight is 299 g/mol. The normalized spacial score (nSPS) is 13.3. The zero-order chi connectivity index (χ0) is 14.9. The van der Waals surface area contributed by atoms with Gasteiger partial charge in [0.2, 0.25) is 0 Å². The van der Waals surface area contributed by atoms with Gasteiger partial charge in [-0.1, -0.05) is 48.4 Å². The summed E-state index contributed by atoms with van der Waals surface area (Å²) in [7, 11) is 0. The lowest BCUT2D eigenvalue weighted by Crippen LogP contribution is -2.12. The van der Waals surface area contributed by atoms with E-state index in [0.717, 1.165) is 5.56 Å². The third-order valence-electron chi connectivity index (χ3n) is 3.35. The quantitative estimate of drug-likeness (QED) is 0.655. The number of aryl methyl sites for hydroxylation is 1. The molecule has 0 N–H and O–H groups in total. The molecule has 0 heterocycles. The lowest BCUT2D eigenvalue weighted by molar-refractivity contribution is -0.138. The van der Waals surface area contributed by atoms with Crippen LogP contribution in [0, 0.1) is 6.92 Å². The highest BCUT2D eigenvalue weighted by Crippen LogP contribution is 2.38. The Balaban J connectivity index is 2.49. The van der Waals surface area contributed by atoms with Crippen molar-refractivity contribution in [1.29, 1.82) is 0 Å². The molecule has 106 valence electrons. The molecule has 0 fully saturated rings. The third-order valence-corrected chi connectivity index (χ3v) is 3.60. The van der Waals surface area contributed by atoms with Crippen LogP contribution >= 0.6 is 11.6 Å². The second-order valence-electron chi connectivity index (χ2n) is 4.86. The van der Waals surface area contributed by atoms with Gasteiger partial charge >= 0.3 is 6.18 Å². The van der Waals surface area contributed by atoms with Gasteiger partial charge in [0.15, 0.2) is 0 Å². The van der Waals surface area contributed by atoms with Gasteiger partial charge in [0.25, 0.3) is 0 Å². The summed E-state index contributed by atoms with van der Waals surface area (Å²) in [5.41, 5.74) is 1.12. The van der Waals surface area contributed by atoms with Gasteiger partial charge < -0.3 is 0 Å². The molecule has 1 unspecified atom stereocenters. The van der Waals surface area contributed by atoms with Gasteiger partial charge in [0, 0.05) is 10.9 Å². The molecule has 0 nitrogen and oxygen atoms in total. The number of benzene rings is 2. The lowest BCUT2D eigenvalue weighted by Gasteiger charge is -2.19. The first-order valence-electron chi connectivity index (χ1n) is 6.22. The second kappa shape index (κ2) is 5.49. The van der Waals surface area contributed by atoms with Crippen LogP contribution < -0.4 is 0 Å². The summed E-state index contributed by atoms with van der Waals surface area (Å²) in [5, 5.41) is 0.570. The van der Waals surface area contributed by atoms with Crippen molar-refractivity contribution in [3.63, 3.8) is 0 Å². The van der Waals surface area contributed by atoms with Crippen LogP contribution in [-0.4, -0.2) is 0 Å². The first kappa shape index (κ1) is 14.9. The van der Waals surface area contributed by atoms with E-state index in [9.17, 15) is 13.2 Å². The Morgan fingerprint density at radius 2 is 1.60 bits per heavy atom. The molecule has 2 aromatic carbocycles. The highest BCUT2D eigenvalue weighted by Gasteiger charge is 2.34. The molecule has 0 amide bonds. The fourth-order valence-electron chi connectivity index (χ4n) is 2.22. The molecule has 0 spiro atoms. The Kier molecular flexibility index (Phi) is 4.09. The van der Waals surface area contributed by atoms with Gasteiger partial charge in [-0.25, -0.2) is 0 Å². The van der Waals surface area contributed by atoms with Gasteiger partial charge in [-0.05, 0) is 36.2 Å². The van der Waals surface area contributed by atoms with Gasteiger partial charge in [-0.15, -0.1) is 0 Å². The van der Waals surface area contributed by atoms with Crippen molar-refractivity contribution in [2.24, 2.45) is 0 Å². The Labute approximate surface area is 121 Å². The predicted molar refractivity (Wildman–Crippen MR) is 75.2 cm³/mol. The number of halogens is 4. The summed E-state index contributed by atoms with van der Waals surface area (Å²) in [6.07, 6.45) is -4.35. The summed E-state index contributed by atoms with van der Waals surface area (Å²) >= 11 is 5.81. The highest BCUT2D eigenvalue weighted by atomic mass is 35.5. The van der Waals surface area contributed by atoms with E-state index < -0.39 is 11.7 Å². The maximum atomic E-state index is 13.1. The van der Waals surface area contributed by atoms with E-state index in [1.807, 2.05) is 0 Å². The molecule has 1 atom stereocenters. The van der Waals surface area contributed by atoms with Crippen molar-refractivity contribution in [2.75, 3.05) is 0 Å². The molecule has 20 heavy (non-hydrogen) atoms. The van der Waals surface area contributed by atoms with Crippen LogP contribution in [0.15, 0.2) is 42.5 Å². The van der Waals surface area contributed by atoms with Crippen molar-refractivity contribution in [3.8, 4) is 0 Å². The number of rotatable bonds is 2. The average Bonchev–Trinajstić information content (AvgIpc) is 2.38. The van der Waals surface area contributed by atoms with Gasteiger partial charge in [0.05, 0.1) is 5.56 Å². The minimum Gasteiger partial charge on any atom is -0.166 e. The molecule has 2 rings (SSSR count). The molecule has 4 heteroatoms. The van der Waals surface area contributed by atoms with E-state index in [4.69, 9.17) is 11.6 Å². The van der Waals surface area contributed by atoms with Crippen molar-refractivity contribution in [1.82, 2.24) is 0 Å². The molecule has 0 saturated carbocycles. The SMILES string of the molecule is Cc1ccc(C(C)c2ccc(Cl)cc2)c(C(F)(F)F)c1. The van der Waals surface area contributed by atoms with Gasteiger partial charge in [0.1, 0.15) is 0 Å². The first-order valence-corrected chi connectivity index (χ1v) is 6.60. The van der Waals surface area contributed by atoms with Crippen LogP contribution in [-0.2, 0) is 6.18 Å². The molecule has 0 saturated heterocycles. The van der Waals surface area contributed by atoms with Crippen molar-refractivity contribution >= 4 is 11.6 Å². The van der Waals surface area contributed by atoms with Gasteiger partial charge in [-0.3, -0.25) is 0 Å². The van der Waals surface area contributed by atoms with Gasteiger partial charge in [-0.2, -0.15) is 13.2 Å². The van der Waals surface area contributed by atoms with E-state index in [2.05, 4.69) is 0 Å². The first-order chi connectivity index (χ1) is 9.29. The fourth-order valence-corrected chi connectivity index (χ4v) is 2.35. The van der Waals surface area contributed by atoms with E-state index in [-0.39, 0.29) is 11.5 Å². The molecule has 0 aromatic heterocycles. The summed E-state index contributed by atoms with van der Waals surface area (Å²) in [5.74, 6) is -0.343. The summed E-state index contributed by atoms with van der Waals surface area (Å²) in [6.45, 7) is 3.43. The van der Waals surface area contributed by atoms with E-state index in [1.165, 1.54) is 6.07 Å². The molecule has 0 aliphatic carbocycles. The minimum atomic E-state index is -4.35. The molecule has 0 bridgehead atoms. The Morgan fingerprint density at radius 3 is 2.15 bits per heavy atom. The van der Waals surface area contributed by atoms with Crippen LogP contribution in [0.2, 0.25) is 5.02 Å². The standard InChI is InChI=1S/C16H14ClF3/c1-10-3-8-14(15(9-10)16(18,19)20)11(2)12-4-6-13(17)7-5-12/h3-9,11H,1-2H3. The van der Waals surface area contributed by atoms with Crippen molar-refractivity contribution in [3.05, 3.63) is 69.7 Å². The highest BCUT2D eigenvalue weighted by molar-refractivity contribution is 6.30. The molecule has 0 radical (unpaired) electrons. The predicted octanol–water partition coefficient (Wildman–Crippen LogP) is 5.82. The number of hydrogen-bond acceptors (Lipinski definition) is 0. The fraction of sp³-hybridized carbons (Fsp3) is 0.250. The molecular weight excluding hydrogens is 285 g/mol. The maximum Gasteiger partial charge on any atom is 0.416 e. The molecule has 0 aliphatic rings. The smallest absolute Gasteiger partial charge is 0.166 e. The summed E-state index contributed by atoms with van der Waals surface area (Å²) in [6, 6.07) is 11.3. The van der Waals surface area contributed by atoms with Crippen LogP contribution in [0.5, 0.6) is 0 Å². The van der Waals surface area contributed by atoms with E-state index in [1.54, 1.807) is 50.2 Å². The summed E-state index contributed by atoms with van der Waals surface area (Å²) in [4.78, 5) is 0. The molecule has 0 aliphatic heterocycles. The van der Waals surface area contributed by atoms with Crippen LogP contribution in [0.1, 0.15) is 35.1 Å². The van der Waals surface area contributed by atoms with Crippen LogP contribution in [0.3, 0.4) is 0 Å². The molecular formula is C16H14ClF3. The molecule has 2 aromatic rings. The number of hydrogen-bond donors (Lipinski definition) is 0. The Hall–Kier alpha value is -1.48. The van der Waals surface area contributed by atoms with E-state index >= 15 is 0 Å². The largest absolute Gasteiger partial charge is 0.416 e. The topological polar surface area (TPSA) is 0 Å². The van der Waals surface area contributed by atoms with Crippen LogP contribution in [0.25, 0.3) is 0 Å². The monoisotopic (exact) mass is 298 g/mol. The maximum absolute atomic E-state index is 13.1. The Bertz CT molecular complexity index is 600. The summed E-state index contributed by atoms with van der Waals surface area (Å²) < 4.78 is 39.4.